The van der Waals surface area contributed by atoms with E-state index >= 15 is 0 Å². The summed E-state index contributed by atoms with van der Waals surface area (Å²) in [5, 5.41) is 4.98. The fraction of sp³-hybridized carbons (Fsp3) is 0.471. The molecule has 1 heterocycles. The molecule has 1 aliphatic rings. The van der Waals surface area contributed by atoms with Gasteiger partial charge in [-0.15, -0.1) is 0 Å². The molecule has 0 aliphatic heterocycles. The molecule has 2 N–H and O–H groups in total. The van der Waals surface area contributed by atoms with E-state index < -0.39 is 0 Å². The topological polar surface area (TPSA) is 44.9 Å². The highest BCUT2D eigenvalue weighted by Crippen LogP contribution is 2.30. The summed E-state index contributed by atoms with van der Waals surface area (Å²) in [6, 6.07) is 3.73. The lowest BCUT2D eigenvalue weighted by molar-refractivity contribution is 0.0932. The smallest absolute Gasteiger partial charge is 0.253 e. The molecule has 118 valence electrons. The number of aromatic amines is 1. The maximum atomic E-state index is 12.6. The SMILES string of the molecule is O=C(NC1CCCCCCC1)c1c[nH]c2cc(Cl)cc(Cl)c12. The van der Waals surface area contributed by atoms with E-state index in [-0.39, 0.29) is 11.9 Å². The number of fused-ring (bicyclic) bond motifs is 1. The highest BCUT2D eigenvalue weighted by molar-refractivity contribution is 6.39. The number of nitrogens with one attached hydrogen (secondary N) is 2. The Hall–Kier alpha value is -1.19. The lowest BCUT2D eigenvalue weighted by Crippen LogP contribution is -2.35. The second kappa shape index (κ2) is 6.93. The fourth-order valence-electron chi connectivity index (χ4n) is 3.23. The van der Waals surface area contributed by atoms with Crippen LogP contribution >= 0.6 is 23.2 Å². The Labute approximate surface area is 140 Å². The minimum Gasteiger partial charge on any atom is -0.360 e. The fourth-order valence-corrected chi connectivity index (χ4v) is 3.82. The van der Waals surface area contributed by atoms with Crippen LogP contribution in [0, 0.1) is 0 Å². The highest BCUT2D eigenvalue weighted by atomic mass is 35.5. The van der Waals surface area contributed by atoms with Crippen molar-refractivity contribution in [2.24, 2.45) is 0 Å². The normalized spacial score (nSPS) is 17.2. The van der Waals surface area contributed by atoms with E-state index in [1.165, 1.54) is 32.1 Å². The molecule has 1 amide bonds. The molecule has 5 heteroatoms. The Morgan fingerprint density at radius 2 is 1.77 bits per heavy atom. The average molecular weight is 339 g/mol. The standard InChI is InChI=1S/C17H20Cl2N2O/c18-11-8-14(19)16-13(10-20-15(16)9-11)17(22)21-12-6-4-2-1-3-5-7-12/h8-10,12,20H,1-7H2,(H,21,22). The largest absolute Gasteiger partial charge is 0.360 e. The molecule has 1 aromatic heterocycles. The number of hydrogen-bond acceptors (Lipinski definition) is 1. The van der Waals surface area contributed by atoms with Crippen molar-refractivity contribution in [1.82, 2.24) is 10.3 Å². The molecule has 0 spiro atoms. The maximum Gasteiger partial charge on any atom is 0.253 e. The summed E-state index contributed by atoms with van der Waals surface area (Å²) in [7, 11) is 0. The molecule has 0 atom stereocenters. The molecule has 1 saturated carbocycles. The van der Waals surface area contributed by atoms with Gasteiger partial charge in [0.05, 0.1) is 10.6 Å². The highest BCUT2D eigenvalue weighted by Gasteiger charge is 2.19. The first kappa shape index (κ1) is 15.7. The Bertz CT molecular complexity index is 673. The molecule has 3 nitrogen and oxygen atoms in total. The van der Waals surface area contributed by atoms with Gasteiger partial charge in [-0.2, -0.15) is 0 Å². The predicted molar refractivity (Wildman–Crippen MR) is 91.9 cm³/mol. The molecule has 0 saturated heterocycles. The van der Waals surface area contributed by atoms with Crippen molar-refractivity contribution in [3.8, 4) is 0 Å². The number of amides is 1. The van der Waals surface area contributed by atoms with E-state index in [9.17, 15) is 4.79 Å². The summed E-state index contributed by atoms with van der Waals surface area (Å²) in [6.07, 6.45) is 10.1. The van der Waals surface area contributed by atoms with Gasteiger partial charge in [0.15, 0.2) is 0 Å². The van der Waals surface area contributed by atoms with Crippen LogP contribution in [0.4, 0.5) is 0 Å². The van der Waals surface area contributed by atoms with Gasteiger partial charge in [-0.05, 0) is 25.0 Å². The molecule has 0 radical (unpaired) electrons. The average Bonchev–Trinajstić information content (AvgIpc) is 2.85. The van der Waals surface area contributed by atoms with Crippen molar-refractivity contribution in [2.75, 3.05) is 0 Å². The van der Waals surface area contributed by atoms with Crippen LogP contribution in [-0.4, -0.2) is 16.9 Å². The van der Waals surface area contributed by atoms with E-state index in [0.29, 0.717) is 15.6 Å². The van der Waals surface area contributed by atoms with E-state index in [2.05, 4.69) is 10.3 Å². The van der Waals surface area contributed by atoms with Gasteiger partial charge in [-0.3, -0.25) is 4.79 Å². The van der Waals surface area contributed by atoms with E-state index in [4.69, 9.17) is 23.2 Å². The summed E-state index contributed by atoms with van der Waals surface area (Å²) in [4.78, 5) is 15.7. The monoisotopic (exact) mass is 338 g/mol. The van der Waals surface area contributed by atoms with Crippen LogP contribution in [0.1, 0.15) is 55.3 Å². The summed E-state index contributed by atoms with van der Waals surface area (Å²) in [6.45, 7) is 0. The van der Waals surface area contributed by atoms with Crippen LogP contribution in [-0.2, 0) is 0 Å². The number of benzene rings is 1. The summed E-state index contributed by atoms with van der Waals surface area (Å²) in [5.41, 5.74) is 1.39. The second-order valence-electron chi connectivity index (χ2n) is 6.03. The molecular weight excluding hydrogens is 319 g/mol. The van der Waals surface area contributed by atoms with Crippen LogP contribution in [0.3, 0.4) is 0 Å². The van der Waals surface area contributed by atoms with E-state index in [1.54, 1.807) is 18.3 Å². The number of hydrogen-bond donors (Lipinski definition) is 2. The van der Waals surface area contributed by atoms with Gasteiger partial charge in [0, 0.05) is 28.2 Å². The Morgan fingerprint density at radius 1 is 1.09 bits per heavy atom. The van der Waals surface area contributed by atoms with Gasteiger partial charge in [0.2, 0.25) is 0 Å². The number of halogens is 2. The Kier molecular flexibility index (Phi) is 4.94. The number of carbonyl (C=O) groups is 1. The lowest BCUT2D eigenvalue weighted by atomic mass is 9.96. The molecule has 0 bridgehead atoms. The minimum absolute atomic E-state index is 0.0546. The second-order valence-corrected chi connectivity index (χ2v) is 6.87. The summed E-state index contributed by atoms with van der Waals surface area (Å²) < 4.78 is 0. The molecule has 1 aromatic carbocycles. The zero-order valence-corrected chi connectivity index (χ0v) is 13.9. The molecule has 2 aromatic rings. The van der Waals surface area contributed by atoms with Gasteiger partial charge in [-0.1, -0.05) is 55.3 Å². The molecule has 1 aliphatic carbocycles. The third-order valence-electron chi connectivity index (χ3n) is 4.38. The first-order valence-corrected chi connectivity index (χ1v) is 8.68. The molecule has 1 fully saturated rings. The van der Waals surface area contributed by atoms with Crippen LogP contribution < -0.4 is 5.32 Å². The van der Waals surface area contributed by atoms with Crippen LogP contribution in [0.5, 0.6) is 0 Å². The van der Waals surface area contributed by atoms with E-state index in [0.717, 1.165) is 23.7 Å². The zero-order valence-electron chi connectivity index (χ0n) is 12.4. The summed E-state index contributed by atoms with van der Waals surface area (Å²) in [5.74, 6) is -0.0546. The van der Waals surface area contributed by atoms with E-state index in [1.807, 2.05) is 0 Å². The van der Waals surface area contributed by atoms with Crippen molar-refractivity contribution in [3.05, 3.63) is 33.9 Å². The van der Waals surface area contributed by atoms with Gasteiger partial charge in [-0.25, -0.2) is 0 Å². The first-order chi connectivity index (χ1) is 10.6. The summed E-state index contributed by atoms with van der Waals surface area (Å²) >= 11 is 12.3. The number of carbonyl (C=O) groups excluding carboxylic acids is 1. The van der Waals surface area contributed by atoms with Gasteiger partial charge >= 0.3 is 0 Å². The van der Waals surface area contributed by atoms with Crippen LogP contribution in [0.2, 0.25) is 10.0 Å². The van der Waals surface area contributed by atoms with Crippen LogP contribution in [0.25, 0.3) is 10.9 Å². The van der Waals surface area contributed by atoms with Gasteiger partial charge < -0.3 is 10.3 Å². The molecule has 0 unspecified atom stereocenters. The Balaban J connectivity index is 1.80. The van der Waals surface area contributed by atoms with Crippen molar-refractivity contribution in [2.45, 2.75) is 51.0 Å². The minimum atomic E-state index is -0.0546. The van der Waals surface area contributed by atoms with Crippen molar-refractivity contribution < 1.29 is 4.79 Å². The lowest BCUT2D eigenvalue weighted by Gasteiger charge is -2.20. The maximum absolute atomic E-state index is 12.6. The number of aromatic nitrogens is 1. The van der Waals surface area contributed by atoms with Crippen molar-refractivity contribution in [3.63, 3.8) is 0 Å². The third-order valence-corrected chi connectivity index (χ3v) is 4.90. The molecule has 22 heavy (non-hydrogen) atoms. The quantitative estimate of drug-likeness (QED) is 0.764. The van der Waals surface area contributed by atoms with Gasteiger partial charge in [0.25, 0.3) is 5.91 Å². The molecule has 3 rings (SSSR count). The van der Waals surface area contributed by atoms with Crippen LogP contribution in [0.15, 0.2) is 18.3 Å². The third kappa shape index (κ3) is 3.41. The Morgan fingerprint density at radius 3 is 2.50 bits per heavy atom. The van der Waals surface area contributed by atoms with Crippen molar-refractivity contribution in [1.29, 1.82) is 0 Å². The first-order valence-electron chi connectivity index (χ1n) is 7.92. The zero-order chi connectivity index (χ0) is 15.5. The van der Waals surface area contributed by atoms with Crippen molar-refractivity contribution >= 4 is 40.0 Å². The molecular formula is C17H20Cl2N2O. The number of rotatable bonds is 2. The van der Waals surface area contributed by atoms with Gasteiger partial charge in [0.1, 0.15) is 0 Å². The predicted octanol–water partition coefficient (Wildman–Crippen LogP) is 5.32. The number of H-pyrrole nitrogens is 1.